The van der Waals surface area contributed by atoms with Gasteiger partial charge in [0, 0.05) is 18.8 Å². The summed E-state index contributed by atoms with van der Waals surface area (Å²) in [7, 11) is -1.90. The SMILES string of the molecule is CN(C1CCCCC1)S(=O)(=O)c1ccc(NC(=O)C2(C#N)CCCC2)cc1. The van der Waals surface area contributed by atoms with Crippen molar-refractivity contribution in [3.05, 3.63) is 24.3 Å². The lowest BCUT2D eigenvalue weighted by molar-refractivity contribution is -0.122. The minimum absolute atomic E-state index is 0.0565. The first-order chi connectivity index (χ1) is 12.9. The Morgan fingerprint density at radius 3 is 2.26 bits per heavy atom. The molecule has 1 aromatic carbocycles. The molecule has 0 aliphatic heterocycles. The van der Waals surface area contributed by atoms with Crippen molar-refractivity contribution in [1.82, 2.24) is 4.31 Å². The van der Waals surface area contributed by atoms with Gasteiger partial charge in [-0.3, -0.25) is 4.79 Å². The number of carbonyl (C=O) groups excluding carboxylic acids is 1. The number of sulfonamides is 1. The number of nitriles is 1. The minimum atomic E-state index is -3.55. The lowest BCUT2D eigenvalue weighted by Crippen LogP contribution is -2.38. The van der Waals surface area contributed by atoms with Gasteiger partial charge in [-0.25, -0.2) is 8.42 Å². The second-order valence-electron chi connectivity index (χ2n) is 7.69. The Morgan fingerprint density at radius 1 is 1.11 bits per heavy atom. The minimum Gasteiger partial charge on any atom is -0.325 e. The van der Waals surface area contributed by atoms with E-state index in [4.69, 9.17) is 0 Å². The maximum atomic E-state index is 12.9. The van der Waals surface area contributed by atoms with E-state index in [1.54, 1.807) is 19.2 Å². The van der Waals surface area contributed by atoms with Crippen molar-refractivity contribution in [3.8, 4) is 6.07 Å². The van der Waals surface area contributed by atoms with Gasteiger partial charge in [0.2, 0.25) is 15.9 Å². The Hall–Kier alpha value is -1.91. The lowest BCUT2D eigenvalue weighted by atomic mass is 9.87. The van der Waals surface area contributed by atoms with Crippen molar-refractivity contribution in [2.24, 2.45) is 5.41 Å². The number of anilines is 1. The van der Waals surface area contributed by atoms with Gasteiger partial charge in [-0.15, -0.1) is 0 Å². The Morgan fingerprint density at radius 2 is 1.70 bits per heavy atom. The topological polar surface area (TPSA) is 90.3 Å². The number of carbonyl (C=O) groups is 1. The van der Waals surface area contributed by atoms with Crippen LogP contribution in [0.25, 0.3) is 0 Å². The summed E-state index contributed by atoms with van der Waals surface area (Å²) in [6.07, 6.45) is 8.02. The maximum Gasteiger partial charge on any atom is 0.244 e. The number of nitrogens with one attached hydrogen (secondary N) is 1. The van der Waals surface area contributed by atoms with Crippen LogP contribution in [0.5, 0.6) is 0 Å². The van der Waals surface area contributed by atoms with Gasteiger partial charge in [0.25, 0.3) is 0 Å². The highest BCUT2D eigenvalue weighted by Crippen LogP contribution is 2.38. The van der Waals surface area contributed by atoms with Crippen LogP contribution in [0.3, 0.4) is 0 Å². The lowest BCUT2D eigenvalue weighted by Gasteiger charge is -2.30. The zero-order valence-corrected chi connectivity index (χ0v) is 16.6. The molecule has 27 heavy (non-hydrogen) atoms. The highest BCUT2D eigenvalue weighted by Gasteiger charge is 2.41. The molecule has 0 bridgehead atoms. The van der Waals surface area contributed by atoms with Crippen molar-refractivity contribution in [1.29, 1.82) is 5.26 Å². The monoisotopic (exact) mass is 389 g/mol. The fourth-order valence-electron chi connectivity index (χ4n) is 4.14. The molecular weight excluding hydrogens is 362 g/mol. The molecule has 6 nitrogen and oxygen atoms in total. The fourth-order valence-corrected chi connectivity index (χ4v) is 5.55. The molecule has 2 saturated carbocycles. The Bertz CT molecular complexity index is 815. The molecule has 0 unspecified atom stereocenters. The summed E-state index contributed by atoms with van der Waals surface area (Å²) in [5.74, 6) is -0.294. The molecule has 1 N–H and O–H groups in total. The Labute approximate surface area is 161 Å². The van der Waals surface area contributed by atoms with Gasteiger partial charge in [-0.2, -0.15) is 9.57 Å². The van der Waals surface area contributed by atoms with Crippen LogP contribution in [0, 0.1) is 16.7 Å². The molecule has 0 spiro atoms. The molecule has 146 valence electrons. The van der Waals surface area contributed by atoms with Crippen LogP contribution in [0.2, 0.25) is 0 Å². The van der Waals surface area contributed by atoms with E-state index in [-0.39, 0.29) is 16.8 Å². The first-order valence-electron chi connectivity index (χ1n) is 9.70. The van der Waals surface area contributed by atoms with Gasteiger partial charge in [0.05, 0.1) is 11.0 Å². The number of benzene rings is 1. The summed E-state index contributed by atoms with van der Waals surface area (Å²) in [6, 6.07) is 8.47. The molecule has 7 heteroatoms. The van der Waals surface area contributed by atoms with E-state index in [1.807, 2.05) is 0 Å². The predicted octanol–water partition coefficient (Wildman–Crippen LogP) is 3.66. The van der Waals surface area contributed by atoms with E-state index < -0.39 is 15.4 Å². The number of hydrogen-bond acceptors (Lipinski definition) is 4. The average molecular weight is 390 g/mol. The van der Waals surface area contributed by atoms with Crippen LogP contribution in [-0.4, -0.2) is 31.7 Å². The Balaban J connectivity index is 1.71. The van der Waals surface area contributed by atoms with E-state index in [1.165, 1.54) is 22.9 Å². The van der Waals surface area contributed by atoms with Gasteiger partial charge in [-0.05, 0) is 49.9 Å². The summed E-state index contributed by atoms with van der Waals surface area (Å²) in [6.45, 7) is 0. The molecule has 1 amide bonds. The van der Waals surface area contributed by atoms with Crippen LogP contribution in [0.1, 0.15) is 57.8 Å². The van der Waals surface area contributed by atoms with Gasteiger partial charge in [-0.1, -0.05) is 32.1 Å². The van der Waals surface area contributed by atoms with Gasteiger partial charge < -0.3 is 5.32 Å². The zero-order valence-electron chi connectivity index (χ0n) is 15.8. The van der Waals surface area contributed by atoms with Crippen molar-refractivity contribution in [2.45, 2.75) is 68.7 Å². The third-order valence-electron chi connectivity index (χ3n) is 5.98. The molecular formula is C20H27N3O3S. The smallest absolute Gasteiger partial charge is 0.244 e. The average Bonchev–Trinajstić information content (AvgIpc) is 3.19. The van der Waals surface area contributed by atoms with Crippen LogP contribution >= 0.6 is 0 Å². The molecule has 0 radical (unpaired) electrons. The van der Waals surface area contributed by atoms with Crippen LogP contribution in [0.4, 0.5) is 5.69 Å². The standard InChI is InChI=1S/C20H27N3O3S/c1-23(17-7-3-2-4-8-17)27(25,26)18-11-9-16(10-12-18)22-19(24)20(15-21)13-5-6-14-20/h9-12,17H,2-8,13-14H2,1H3,(H,22,24). The van der Waals surface area contributed by atoms with E-state index in [0.29, 0.717) is 18.5 Å². The van der Waals surface area contributed by atoms with Crippen molar-refractivity contribution < 1.29 is 13.2 Å². The summed E-state index contributed by atoms with van der Waals surface area (Å²) in [5.41, 5.74) is -0.438. The second kappa shape index (κ2) is 7.99. The number of hydrogen-bond donors (Lipinski definition) is 1. The van der Waals surface area contributed by atoms with Crippen LogP contribution < -0.4 is 5.32 Å². The third-order valence-corrected chi connectivity index (χ3v) is 7.91. The van der Waals surface area contributed by atoms with E-state index in [2.05, 4.69) is 11.4 Å². The van der Waals surface area contributed by atoms with Crippen molar-refractivity contribution in [3.63, 3.8) is 0 Å². The first kappa shape index (κ1) is 19.8. The highest BCUT2D eigenvalue weighted by atomic mass is 32.2. The first-order valence-corrected chi connectivity index (χ1v) is 11.1. The summed E-state index contributed by atoms with van der Waals surface area (Å²) in [4.78, 5) is 12.7. The van der Waals surface area contributed by atoms with E-state index >= 15 is 0 Å². The molecule has 1 aromatic rings. The number of amides is 1. The molecule has 0 aromatic heterocycles. The fraction of sp³-hybridized carbons (Fsp3) is 0.600. The quantitative estimate of drug-likeness (QED) is 0.832. The van der Waals surface area contributed by atoms with Gasteiger partial charge in [0.15, 0.2) is 0 Å². The van der Waals surface area contributed by atoms with Crippen molar-refractivity contribution in [2.75, 3.05) is 12.4 Å². The van der Waals surface area contributed by atoms with Gasteiger partial charge in [0.1, 0.15) is 5.41 Å². The largest absolute Gasteiger partial charge is 0.325 e. The van der Waals surface area contributed by atoms with Crippen LogP contribution in [0.15, 0.2) is 29.2 Å². The Kier molecular flexibility index (Phi) is 5.87. The van der Waals surface area contributed by atoms with Crippen LogP contribution in [-0.2, 0) is 14.8 Å². The zero-order chi connectivity index (χ0) is 19.5. The highest BCUT2D eigenvalue weighted by molar-refractivity contribution is 7.89. The third kappa shape index (κ3) is 4.02. The number of rotatable bonds is 5. The summed E-state index contributed by atoms with van der Waals surface area (Å²) >= 11 is 0. The molecule has 2 fully saturated rings. The molecule has 2 aliphatic rings. The molecule has 0 atom stereocenters. The molecule has 0 heterocycles. The van der Waals surface area contributed by atoms with E-state index in [9.17, 15) is 18.5 Å². The normalized spacial score (nSPS) is 20.3. The van der Waals surface area contributed by atoms with Crippen molar-refractivity contribution >= 4 is 21.6 Å². The molecule has 2 aliphatic carbocycles. The molecule has 3 rings (SSSR count). The predicted molar refractivity (Wildman–Crippen MR) is 103 cm³/mol. The van der Waals surface area contributed by atoms with E-state index in [0.717, 1.165) is 38.5 Å². The summed E-state index contributed by atoms with van der Waals surface area (Å²) in [5, 5.41) is 12.2. The van der Waals surface area contributed by atoms with Gasteiger partial charge >= 0.3 is 0 Å². The number of nitrogens with zero attached hydrogens (tertiary/aromatic N) is 2. The summed E-state index contributed by atoms with van der Waals surface area (Å²) < 4.78 is 27.2. The second-order valence-corrected chi connectivity index (χ2v) is 9.69. The molecule has 0 saturated heterocycles. The maximum absolute atomic E-state index is 12.9.